The van der Waals surface area contributed by atoms with E-state index < -0.39 is 10.0 Å². The molecule has 0 bridgehead atoms. The third kappa shape index (κ3) is 2.37. The molecule has 0 amide bonds. The number of nitrogens with one attached hydrogen (secondary N) is 1. The maximum Gasteiger partial charge on any atom is 0.252 e. The average Bonchev–Trinajstić information content (AvgIpc) is 2.97. The van der Waals surface area contributed by atoms with E-state index in [1.165, 1.54) is 0 Å². The Balaban J connectivity index is 1.80. The summed E-state index contributed by atoms with van der Waals surface area (Å²) in [5.74, 6) is 0. The molecule has 2 aliphatic rings. The van der Waals surface area contributed by atoms with Gasteiger partial charge in [-0.25, -0.2) is 18.1 Å². The third-order valence-electron chi connectivity index (χ3n) is 3.93. The highest BCUT2D eigenvalue weighted by Crippen LogP contribution is 2.30. The highest BCUT2D eigenvalue weighted by atomic mass is 32.2. The van der Waals surface area contributed by atoms with Gasteiger partial charge in [-0.05, 0) is 32.7 Å². The number of anilines is 1. The number of nitrogens with two attached hydrogens (primary N) is 1. The summed E-state index contributed by atoms with van der Waals surface area (Å²) in [7, 11) is -3.49. The molecular formula is C11H18N4O2S2. The predicted octanol–water partition coefficient (Wildman–Crippen LogP) is 0.549. The van der Waals surface area contributed by atoms with E-state index >= 15 is 0 Å². The van der Waals surface area contributed by atoms with E-state index in [4.69, 9.17) is 5.73 Å². The zero-order chi connectivity index (χ0) is 13.6. The molecule has 3 rings (SSSR count). The summed E-state index contributed by atoms with van der Waals surface area (Å²) in [5, 5.41) is 0.298. The van der Waals surface area contributed by atoms with Gasteiger partial charge < -0.3 is 5.73 Å². The van der Waals surface area contributed by atoms with Gasteiger partial charge >= 0.3 is 0 Å². The summed E-state index contributed by atoms with van der Waals surface area (Å²) in [6, 6.07) is 0.385. The number of nitrogen functional groups attached to an aromatic ring is 1. The van der Waals surface area contributed by atoms with Gasteiger partial charge in [-0.15, -0.1) is 0 Å². The number of aryl methyl sites for hydroxylation is 1. The first-order chi connectivity index (χ1) is 8.97. The van der Waals surface area contributed by atoms with Crippen LogP contribution in [0.2, 0.25) is 0 Å². The second kappa shape index (κ2) is 4.69. The van der Waals surface area contributed by atoms with Crippen molar-refractivity contribution >= 4 is 26.5 Å². The highest BCUT2D eigenvalue weighted by molar-refractivity contribution is 7.91. The molecule has 2 aliphatic heterocycles. The predicted molar refractivity (Wildman–Crippen MR) is 74.6 cm³/mol. The molecule has 3 N–H and O–H groups in total. The van der Waals surface area contributed by atoms with Crippen LogP contribution < -0.4 is 10.5 Å². The minimum Gasteiger partial charge on any atom is -0.375 e. The van der Waals surface area contributed by atoms with E-state index in [-0.39, 0.29) is 10.3 Å². The number of rotatable bonds is 3. The molecule has 2 saturated heterocycles. The molecule has 0 aliphatic carbocycles. The Hall–Kier alpha value is -0.700. The van der Waals surface area contributed by atoms with Crippen LogP contribution in [0.5, 0.6) is 0 Å². The maximum atomic E-state index is 12.4. The first-order valence-corrected chi connectivity index (χ1v) is 8.76. The van der Waals surface area contributed by atoms with Crippen LogP contribution in [0.25, 0.3) is 0 Å². The van der Waals surface area contributed by atoms with Crippen LogP contribution in [0.4, 0.5) is 5.13 Å². The Morgan fingerprint density at radius 1 is 1.42 bits per heavy atom. The molecule has 106 valence electrons. The van der Waals surface area contributed by atoms with Crippen molar-refractivity contribution in [3.8, 4) is 0 Å². The number of hydrogen-bond donors (Lipinski definition) is 2. The highest BCUT2D eigenvalue weighted by Gasteiger charge is 2.39. The van der Waals surface area contributed by atoms with Gasteiger partial charge in [0.15, 0.2) is 9.34 Å². The van der Waals surface area contributed by atoms with Crippen molar-refractivity contribution in [3.05, 3.63) is 5.69 Å². The zero-order valence-corrected chi connectivity index (χ0v) is 12.4. The molecule has 0 aromatic carbocycles. The normalized spacial score (nSPS) is 27.8. The number of thiazole rings is 1. The number of hydrogen-bond acceptors (Lipinski definition) is 6. The van der Waals surface area contributed by atoms with Crippen LogP contribution in [0.1, 0.15) is 25.0 Å². The van der Waals surface area contributed by atoms with Crippen LogP contribution in [-0.4, -0.2) is 43.5 Å². The number of fused-ring (bicyclic) bond motifs is 1. The van der Waals surface area contributed by atoms with Gasteiger partial charge in [-0.2, -0.15) is 0 Å². The Kier molecular flexibility index (Phi) is 3.28. The van der Waals surface area contributed by atoms with Crippen molar-refractivity contribution in [2.45, 2.75) is 42.5 Å². The summed E-state index contributed by atoms with van der Waals surface area (Å²) in [6.45, 7) is 3.76. The number of aromatic nitrogens is 1. The summed E-state index contributed by atoms with van der Waals surface area (Å²) >= 11 is 1.03. The van der Waals surface area contributed by atoms with Crippen molar-refractivity contribution in [1.29, 1.82) is 0 Å². The van der Waals surface area contributed by atoms with Crippen molar-refractivity contribution in [3.63, 3.8) is 0 Å². The molecule has 1 aromatic heterocycles. The summed E-state index contributed by atoms with van der Waals surface area (Å²) < 4.78 is 27.9. The lowest BCUT2D eigenvalue weighted by atomic mass is 10.1. The van der Waals surface area contributed by atoms with Crippen LogP contribution in [0, 0.1) is 6.92 Å². The van der Waals surface area contributed by atoms with Crippen molar-refractivity contribution in [2.75, 3.05) is 18.8 Å². The van der Waals surface area contributed by atoms with Crippen LogP contribution in [-0.2, 0) is 10.0 Å². The molecule has 0 saturated carbocycles. The molecule has 0 radical (unpaired) electrons. The van der Waals surface area contributed by atoms with Crippen molar-refractivity contribution < 1.29 is 8.42 Å². The zero-order valence-electron chi connectivity index (χ0n) is 10.8. The molecular weight excluding hydrogens is 284 g/mol. The van der Waals surface area contributed by atoms with E-state index in [0.29, 0.717) is 16.9 Å². The fourth-order valence-electron chi connectivity index (χ4n) is 3.12. The van der Waals surface area contributed by atoms with Crippen molar-refractivity contribution in [1.82, 2.24) is 14.6 Å². The SMILES string of the molecule is Cc1nc(N)sc1S(=O)(=O)NC1CCN2CCCC12. The first kappa shape index (κ1) is 13.3. The van der Waals surface area contributed by atoms with Crippen LogP contribution in [0.15, 0.2) is 4.21 Å². The maximum absolute atomic E-state index is 12.4. The van der Waals surface area contributed by atoms with Crippen molar-refractivity contribution in [2.24, 2.45) is 0 Å². The smallest absolute Gasteiger partial charge is 0.252 e. The van der Waals surface area contributed by atoms with E-state index in [9.17, 15) is 8.42 Å². The molecule has 6 nitrogen and oxygen atoms in total. The van der Waals surface area contributed by atoms with E-state index in [1.54, 1.807) is 6.92 Å². The Morgan fingerprint density at radius 2 is 2.21 bits per heavy atom. The molecule has 2 atom stereocenters. The first-order valence-electron chi connectivity index (χ1n) is 6.46. The summed E-state index contributed by atoms with van der Waals surface area (Å²) in [6.07, 6.45) is 3.13. The summed E-state index contributed by atoms with van der Waals surface area (Å²) in [4.78, 5) is 6.36. The molecule has 3 heterocycles. The number of sulfonamides is 1. The van der Waals surface area contributed by atoms with Gasteiger partial charge in [0, 0.05) is 18.6 Å². The lowest BCUT2D eigenvalue weighted by Gasteiger charge is -2.20. The van der Waals surface area contributed by atoms with Crippen LogP contribution >= 0.6 is 11.3 Å². The minimum absolute atomic E-state index is 0.0234. The molecule has 8 heteroatoms. The quantitative estimate of drug-likeness (QED) is 0.851. The fraction of sp³-hybridized carbons (Fsp3) is 0.727. The molecule has 1 aromatic rings. The van der Waals surface area contributed by atoms with E-state index in [0.717, 1.165) is 43.7 Å². The second-order valence-corrected chi connectivity index (χ2v) is 8.13. The monoisotopic (exact) mass is 302 g/mol. The molecule has 0 spiro atoms. The summed E-state index contributed by atoms with van der Waals surface area (Å²) in [5.41, 5.74) is 6.06. The molecule has 2 fully saturated rings. The van der Waals surface area contributed by atoms with Gasteiger partial charge in [0.05, 0.1) is 5.69 Å². The lowest BCUT2D eigenvalue weighted by Crippen LogP contribution is -2.42. The van der Waals surface area contributed by atoms with Crippen LogP contribution in [0.3, 0.4) is 0 Å². The topological polar surface area (TPSA) is 88.3 Å². The fourth-order valence-corrected chi connectivity index (χ4v) is 5.74. The lowest BCUT2D eigenvalue weighted by molar-refractivity contribution is 0.309. The molecule has 19 heavy (non-hydrogen) atoms. The molecule has 2 unspecified atom stereocenters. The van der Waals surface area contributed by atoms with Gasteiger partial charge in [0.25, 0.3) is 10.0 Å². The second-order valence-electron chi connectivity index (χ2n) is 5.19. The Morgan fingerprint density at radius 3 is 2.89 bits per heavy atom. The Labute approximate surface area is 117 Å². The van der Waals surface area contributed by atoms with Gasteiger partial charge in [-0.1, -0.05) is 11.3 Å². The standard InChI is InChI=1S/C11H18N4O2S2/c1-7-10(18-11(12)13-7)19(16,17)14-8-4-6-15-5-2-3-9(8)15/h8-9,14H,2-6H2,1H3,(H2,12,13). The largest absolute Gasteiger partial charge is 0.375 e. The average molecular weight is 302 g/mol. The Bertz CT molecular complexity index is 584. The van der Waals surface area contributed by atoms with E-state index in [2.05, 4.69) is 14.6 Å². The third-order valence-corrected chi connectivity index (χ3v) is 7.01. The number of nitrogens with zero attached hydrogens (tertiary/aromatic N) is 2. The minimum atomic E-state index is -3.49. The van der Waals surface area contributed by atoms with Gasteiger partial charge in [-0.3, -0.25) is 4.90 Å². The van der Waals surface area contributed by atoms with Gasteiger partial charge in [0.1, 0.15) is 0 Å². The van der Waals surface area contributed by atoms with E-state index in [1.807, 2.05) is 0 Å². The van der Waals surface area contributed by atoms with Gasteiger partial charge in [0.2, 0.25) is 0 Å².